The third kappa shape index (κ3) is 2.31. The molecule has 1 nitrogen and oxygen atoms in total. The molecule has 0 radical (unpaired) electrons. The van der Waals surface area contributed by atoms with Crippen LogP contribution in [0.2, 0.25) is 0 Å². The van der Waals surface area contributed by atoms with E-state index in [0.29, 0.717) is 0 Å². The maximum Gasteiger partial charge on any atom is 0.0121 e. The Balaban J connectivity index is 1.91. The SMILES string of the molecule is CC1CCCC(C2NCCCC2C)C1. The summed E-state index contributed by atoms with van der Waals surface area (Å²) in [5.74, 6) is 2.87. The van der Waals surface area contributed by atoms with Crippen molar-refractivity contribution in [3.63, 3.8) is 0 Å². The first-order valence-corrected chi connectivity index (χ1v) is 6.50. The van der Waals surface area contributed by atoms with E-state index in [2.05, 4.69) is 19.2 Å². The molecule has 1 aliphatic carbocycles. The fourth-order valence-corrected chi connectivity index (χ4v) is 3.51. The summed E-state index contributed by atoms with van der Waals surface area (Å²) < 4.78 is 0. The first kappa shape index (κ1) is 10.5. The summed E-state index contributed by atoms with van der Waals surface area (Å²) in [5, 5.41) is 3.76. The Kier molecular flexibility index (Phi) is 3.48. The molecule has 0 amide bonds. The third-order valence-electron chi connectivity index (χ3n) is 4.31. The Morgan fingerprint density at radius 2 is 1.86 bits per heavy atom. The number of nitrogens with one attached hydrogen (secondary N) is 1. The fraction of sp³-hybridized carbons (Fsp3) is 1.00. The van der Waals surface area contributed by atoms with E-state index in [-0.39, 0.29) is 0 Å². The Hall–Kier alpha value is -0.0400. The minimum absolute atomic E-state index is 0.839. The lowest BCUT2D eigenvalue weighted by molar-refractivity contribution is 0.158. The van der Waals surface area contributed by atoms with Gasteiger partial charge in [0.25, 0.3) is 0 Å². The smallest absolute Gasteiger partial charge is 0.0121 e. The molecule has 2 aliphatic rings. The van der Waals surface area contributed by atoms with Crippen LogP contribution in [0.25, 0.3) is 0 Å². The van der Waals surface area contributed by atoms with Crippen LogP contribution in [0, 0.1) is 17.8 Å². The molecular weight excluding hydrogens is 170 g/mol. The van der Waals surface area contributed by atoms with Gasteiger partial charge in [-0.15, -0.1) is 0 Å². The van der Waals surface area contributed by atoms with Gasteiger partial charge in [0.2, 0.25) is 0 Å². The van der Waals surface area contributed by atoms with Crippen molar-refractivity contribution in [1.82, 2.24) is 5.32 Å². The van der Waals surface area contributed by atoms with E-state index in [1.807, 2.05) is 0 Å². The number of hydrogen-bond donors (Lipinski definition) is 1. The van der Waals surface area contributed by atoms with Gasteiger partial charge in [-0.1, -0.05) is 26.7 Å². The minimum atomic E-state index is 0.839. The molecule has 4 atom stereocenters. The standard InChI is InChI=1S/C13H25N/c1-10-5-3-7-12(9-10)13-11(2)6-4-8-14-13/h10-14H,3-9H2,1-2H3. The summed E-state index contributed by atoms with van der Waals surface area (Å²) in [6.45, 7) is 6.13. The van der Waals surface area contributed by atoms with Gasteiger partial charge < -0.3 is 5.32 Å². The Morgan fingerprint density at radius 3 is 2.57 bits per heavy atom. The van der Waals surface area contributed by atoms with Crippen molar-refractivity contribution < 1.29 is 0 Å². The van der Waals surface area contributed by atoms with E-state index in [0.717, 1.165) is 23.8 Å². The highest BCUT2D eigenvalue weighted by Crippen LogP contribution is 2.35. The van der Waals surface area contributed by atoms with Crippen molar-refractivity contribution in [3.8, 4) is 0 Å². The van der Waals surface area contributed by atoms with Gasteiger partial charge >= 0.3 is 0 Å². The zero-order valence-electron chi connectivity index (χ0n) is 9.76. The number of piperidine rings is 1. The molecule has 1 saturated carbocycles. The van der Waals surface area contributed by atoms with Crippen LogP contribution < -0.4 is 5.32 Å². The highest BCUT2D eigenvalue weighted by Gasteiger charge is 2.31. The van der Waals surface area contributed by atoms with Crippen molar-refractivity contribution in [3.05, 3.63) is 0 Å². The molecule has 0 aromatic rings. The maximum absolute atomic E-state index is 3.76. The molecule has 14 heavy (non-hydrogen) atoms. The molecular formula is C13H25N. The van der Waals surface area contributed by atoms with Crippen molar-refractivity contribution in [2.75, 3.05) is 6.54 Å². The summed E-state index contributed by atoms with van der Waals surface area (Å²) in [7, 11) is 0. The molecule has 2 rings (SSSR count). The summed E-state index contributed by atoms with van der Waals surface area (Å²) in [6, 6.07) is 0.839. The van der Waals surface area contributed by atoms with Crippen molar-refractivity contribution in [2.45, 2.75) is 58.4 Å². The van der Waals surface area contributed by atoms with Crippen LogP contribution in [0.4, 0.5) is 0 Å². The van der Waals surface area contributed by atoms with Crippen molar-refractivity contribution >= 4 is 0 Å². The molecule has 0 aromatic carbocycles. The van der Waals surface area contributed by atoms with Gasteiger partial charge in [-0.2, -0.15) is 0 Å². The second-order valence-electron chi connectivity index (χ2n) is 5.63. The highest BCUT2D eigenvalue weighted by molar-refractivity contribution is 4.87. The van der Waals surface area contributed by atoms with Gasteiger partial charge in [-0.3, -0.25) is 0 Å². The molecule has 4 unspecified atom stereocenters. The predicted octanol–water partition coefficient (Wildman–Crippen LogP) is 3.20. The largest absolute Gasteiger partial charge is 0.313 e. The van der Waals surface area contributed by atoms with E-state index in [1.165, 1.54) is 45.1 Å². The molecule has 2 fully saturated rings. The van der Waals surface area contributed by atoms with Crippen LogP contribution in [0.15, 0.2) is 0 Å². The van der Waals surface area contributed by atoms with Gasteiger partial charge in [0.15, 0.2) is 0 Å². The lowest BCUT2D eigenvalue weighted by Crippen LogP contribution is -2.46. The van der Waals surface area contributed by atoms with Crippen LogP contribution in [-0.4, -0.2) is 12.6 Å². The van der Waals surface area contributed by atoms with Crippen LogP contribution >= 0.6 is 0 Å². The fourth-order valence-electron chi connectivity index (χ4n) is 3.51. The third-order valence-corrected chi connectivity index (χ3v) is 4.31. The molecule has 1 N–H and O–H groups in total. The van der Waals surface area contributed by atoms with E-state index < -0.39 is 0 Å². The normalized spacial score (nSPS) is 45.0. The van der Waals surface area contributed by atoms with E-state index in [4.69, 9.17) is 0 Å². The zero-order valence-corrected chi connectivity index (χ0v) is 9.76. The first-order valence-electron chi connectivity index (χ1n) is 6.50. The monoisotopic (exact) mass is 195 g/mol. The zero-order chi connectivity index (χ0) is 9.97. The molecule has 1 saturated heterocycles. The quantitative estimate of drug-likeness (QED) is 0.677. The minimum Gasteiger partial charge on any atom is -0.313 e. The Labute approximate surface area is 88.7 Å². The van der Waals surface area contributed by atoms with Crippen LogP contribution in [-0.2, 0) is 0 Å². The molecule has 0 aromatic heterocycles. The van der Waals surface area contributed by atoms with E-state index >= 15 is 0 Å². The van der Waals surface area contributed by atoms with Crippen LogP contribution in [0.3, 0.4) is 0 Å². The maximum atomic E-state index is 3.76. The average molecular weight is 195 g/mol. The van der Waals surface area contributed by atoms with Crippen LogP contribution in [0.5, 0.6) is 0 Å². The van der Waals surface area contributed by atoms with Crippen molar-refractivity contribution in [1.29, 1.82) is 0 Å². The van der Waals surface area contributed by atoms with Crippen LogP contribution in [0.1, 0.15) is 52.4 Å². The summed E-state index contributed by atoms with van der Waals surface area (Å²) >= 11 is 0. The molecule has 0 bridgehead atoms. The molecule has 1 aliphatic heterocycles. The predicted molar refractivity (Wildman–Crippen MR) is 61.3 cm³/mol. The number of rotatable bonds is 1. The molecule has 0 spiro atoms. The number of hydrogen-bond acceptors (Lipinski definition) is 1. The second kappa shape index (κ2) is 4.65. The van der Waals surface area contributed by atoms with Gasteiger partial charge in [0.05, 0.1) is 0 Å². The molecule has 1 heterocycles. The highest BCUT2D eigenvalue weighted by atomic mass is 14.9. The van der Waals surface area contributed by atoms with Crippen molar-refractivity contribution in [2.24, 2.45) is 17.8 Å². The average Bonchev–Trinajstić information content (AvgIpc) is 2.18. The summed E-state index contributed by atoms with van der Waals surface area (Å²) in [4.78, 5) is 0. The molecule has 82 valence electrons. The first-order chi connectivity index (χ1) is 6.77. The summed E-state index contributed by atoms with van der Waals surface area (Å²) in [6.07, 6.45) is 8.73. The Bertz CT molecular complexity index is 178. The molecule has 1 heteroatoms. The van der Waals surface area contributed by atoms with Gasteiger partial charge in [0, 0.05) is 6.04 Å². The van der Waals surface area contributed by atoms with E-state index in [9.17, 15) is 0 Å². The lowest BCUT2D eigenvalue weighted by atomic mass is 9.73. The van der Waals surface area contributed by atoms with Gasteiger partial charge in [-0.25, -0.2) is 0 Å². The van der Waals surface area contributed by atoms with E-state index in [1.54, 1.807) is 0 Å². The second-order valence-corrected chi connectivity index (χ2v) is 5.63. The summed E-state index contributed by atoms with van der Waals surface area (Å²) in [5.41, 5.74) is 0. The lowest BCUT2D eigenvalue weighted by Gasteiger charge is -2.39. The topological polar surface area (TPSA) is 12.0 Å². The Morgan fingerprint density at radius 1 is 1.00 bits per heavy atom. The van der Waals surface area contributed by atoms with Gasteiger partial charge in [-0.05, 0) is 50.0 Å². The van der Waals surface area contributed by atoms with Gasteiger partial charge in [0.1, 0.15) is 0 Å².